The number of hydrogen-bond acceptors (Lipinski definition) is 16. The van der Waals surface area contributed by atoms with Crippen molar-refractivity contribution in [1.29, 1.82) is 0 Å². The van der Waals surface area contributed by atoms with E-state index in [4.69, 9.17) is 37.0 Å². The molecule has 16 nitrogen and oxygen atoms in total. The smallest absolute Gasteiger partial charge is 0.756 e. The van der Waals surface area contributed by atoms with Crippen LogP contribution in [0.15, 0.2) is 97.2 Å². The van der Waals surface area contributed by atoms with Gasteiger partial charge in [-0.1, -0.05) is 207 Å². The molecule has 0 bridgehead atoms. The Morgan fingerprint density at radius 1 is 0.374 bits per heavy atom. The Kier molecular flexibility index (Phi) is 73.3. The molecule has 0 aromatic carbocycles. The maximum Gasteiger partial charge on any atom is 1.00 e. The van der Waals surface area contributed by atoms with Crippen LogP contribution in [0.25, 0.3) is 0 Å². The van der Waals surface area contributed by atoms with Crippen molar-refractivity contribution in [3.63, 3.8) is 0 Å². The van der Waals surface area contributed by atoms with Gasteiger partial charge in [-0.3, -0.25) is 23.5 Å². The molecule has 0 aromatic rings. The summed E-state index contributed by atoms with van der Waals surface area (Å²) in [7, 11) is -10.3. The molecule has 0 radical (unpaired) electrons. The van der Waals surface area contributed by atoms with Crippen LogP contribution in [0.2, 0.25) is 0 Å². The Morgan fingerprint density at radius 3 is 1.03 bits per heavy atom. The van der Waals surface area contributed by atoms with Crippen LogP contribution in [0.1, 0.15) is 272 Å². The summed E-state index contributed by atoms with van der Waals surface area (Å²) in [5.74, 6) is -1.67. The van der Waals surface area contributed by atoms with E-state index in [1.54, 1.807) is 0 Å². The van der Waals surface area contributed by atoms with E-state index in [9.17, 15) is 38.4 Å². The molecule has 0 saturated heterocycles. The van der Waals surface area contributed by atoms with Crippen LogP contribution in [0, 0.1) is 0 Å². The van der Waals surface area contributed by atoms with Gasteiger partial charge < -0.3 is 51.9 Å². The molecule has 0 aliphatic rings. The van der Waals surface area contributed by atoms with Gasteiger partial charge in [0, 0.05) is 25.9 Å². The van der Waals surface area contributed by atoms with Crippen LogP contribution < -0.4 is 68.9 Å². The van der Waals surface area contributed by atoms with Crippen LogP contribution in [0.3, 0.4) is 0 Å². The van der Waals surface area contributed by atoms with E-state index in [2.05, 4.69) is 98.9 Å². The summed E-state index contributed by atoms with van der Waals surface area (Å²) < 4.78 is 67.8. The minimum absolute atomic E-state index is 0. The summed E-state index contributed by atoms with van der Waals surface area (Å²) in [6.07, 6.45) is 65.6. The maximum atomic E-state index is 12.9. The number of hydrogen-bond donors (Lipinski definition) is 1. The van der Waals surface area contributed by atoms with E-state index in [-0.39, 0.29) is 85.0 Å². The Bertz CT molecular complexity index is 2030. The van der Waals surface area contributed by atoms with E-state index in [0.29, 0.717) is 25.9 Å². The quantitative estimate of drug-likeness (QED) is 0.0149. The number of phosphoric ester groups is 2. The summed E-state index contributed by atoms with van der Waals surface area (Å²) in [4.78, 5) is 64.3. The van der Waals surface area contributed by atoms with Gasteiger partial charge in [0.15, 0.2) is 6.10 Å². The van der Waals surface area contributed by atoms with Crippen molar-refractivity contribution in [3.8, 4) is 0 Å². The second-order valence-corrected chi connectivity index (χ2v) is 25.6. The van der Waals surface area contributed by atoms with Crippen molar-refractivity contribution in [1.82, 2.24) is 0 Å². The van der Waals surface area contributed by atoms with Gasteiger partial charge in [0.1, 0.15) is 18.8 Å². The standard InChI is InChI=1S/C71H124O16P2.2Na/c1-5-9-13-17-21-25-29-31-33-35-37-39-43-47-51-55-59-80-62-67(86-70(74)57-53-49-45-41-28-24-20-16-12-8-4)64-84-88(76,77)82-60-66(72)61-83-89(78,79)85-65-68(63-81-69(73)56-52-48-44-40-27-23-19-15-11-7-3)87-71(75)58-54-50-46-42-38-36-34-32-30-26-22-18-14-10-6-2;;/h7-8,11-12,19-20,23-26,29-30,33-36,66-68,72H,5-6,9-10,13-18,21-22,27-28,31-32,37-65H2,1-4H3,(H,76,77)(H,78,79);;/q;2*+1/p-2/b11-7-,12-8-,23-19-,24-20-,29-25-,30-26-,35-33-,36-34-;;. The fourth-order valence-electron chi connectivity index (χ4n) is 8.92. The number of phosphoric acid groups is 2. The molecule has 1 N–H and O–H groups in total. The zero-order chi connectivity index (χ0) is 65.3. The van der Waals surface area contributed by atoms with Gasteiger partial charge in [-0.25, -0.2) is 0 Å². The minimum Gasteiger partial charge on any atom is -0.756 e. The van der Waals surface area contributed by atoms with Gasteiger partial charge in [-0.05, 0) is 142 Å². The van der Waals surface area contributed by atoms with Crippen molar-refractivity contribution in [3.05, 3.63) is 97.2 Å². The summed E-state index contributed by atoms with van der Waals surface area (Å²) in [5.41, 5.74) is 0. The third-order valence-electron chi connectivity index (χ3n) is 14.2. The van der Waals surface area contributed by atoms with E-state index < -0.39 is 84.9 Å². The summed E-state index contributed by atoms with van der Waals surface area (Å²) in [5, 5.41) is 10.5. The van der Waals surface area contributed by atoms with Gasteiger partial charge >= 0.3 is 77.0 Å². The van der Waals surface area contributed by atoms with Crippen molar-refractivity contribution >= 4 is 33.6 Å². The zero-order valence-corrected chi connectivity index (χ0v) is 63.5. The van der Waals surface area contributed by atoms with E-state index >= 15 is 0 Å². The van der Waals surface area contributed by atoms with Gasteiger partial charge in [0.25, 0.3) is 15.6 Å². The summed E-state index contributed by atoms with van der Waals surface area (Å²) in [6, 6.07) is 0. The number of carbonyl (C=O) groups is 3. The molecule has 514 valence electrons. The second-order valence-electron chi connectivity index (χ2n) is 22.7. The molecule has 0 heterocycles. The Labute approximate surface area is 596 Å². The molecule has 0 rings (SSSR count). The number of rotatable bonds is 65. The van der Waals surface area contributed by atoms with Crippen molar-refractivity contribution in [2.24, 2.45) is 0 Å². The first-order valence-corrected chi connectivity index (χ1v) is 37.3. The van der Waals surface area contributed by atoms with E-state index in [1.165, 1.54) is 51.4 Å². The van der Waals surface area contributed by atoms with E-state index in [0.717, 1.165) is 154 Å². The van der Waals surface area contributed by atoms with Gasteiger partial charge in [-0.15, -0.1) is 0 Å². The minimum atomic E-state index is -5.21. The first-order chi connectivity index (χ1) is 43.3. The average Bonchev–Trinajstić information content (AvgIpc) is 3.52. The normalized spacial score (nSPS) is 14.5. The van der Waals surface area contributed by atoms with E-state index in [1.807, 2.05) is 26.0 Å². The zero-order valence-electron chi connectivity index (χ0n) is 57.8. The van der Waals surface area contributed by atoms with Crippen LogP contribution in [0.4, 0.5) is 0 Å². The number of esters is 3. The predicted molar refractivity (Wildman–Crippen MR) is 358 cm³/mol. The van der Waals surface area contributed by atoms with Crippen molar-refractivity contribution in [2.45, 2.75) is 290 Å². The van der Waals surface area contributed by atoms with Gasteiger partial charge in [-0.2, -0.15) is 0 Å². The van der Waals surface area contributed by atoms with Gasteiger partial charge in [0.2, 0.25) is 0 Å². The van der Waals surface area contributed by atoms with Crippen LogP contribution in [0.5, 0.6) is 0 Å². The number of aliphatic hydroxyl groups excluding tert-OH is 1. The van der Waals surface area contributed by atoms with Crippen LogP contribution in [-0.2, 0) is 60.6 Å². The predicted octanol–water partition coefficient (Wildman–Crippen LogP) is 12.1. The Hall–Kier alpha value is -1.53. The van der Waals surface area contributed by atoms with Crippen molar-refractivity contribution in [2.75, 3.05) is 46.2 Å². The summed E-state index contributed by atoms with van der Waals surface area (Å²) in [6.45, 7) is 4.93. The second kappa shape index (κ2) is 71.2. The topological polar surface area (TPSA) is 226 Å². The number of ether oxygens (including phenoxy) is 4. The summed E-state index contributed by atoms with van der Waals surface area (Å²) >= 11 is 0. The largest absolute Gasteiger partial charge is 1.00 e. The molecule has 20 heteroatoms. The molecular formula is C71H122Na2O16P2. The average molecular weight is 1340 g/mol. The van der Waals surface area contributed by atoms with Crippen molar-refractivity contribution < 1.29 is 135 Å². The molecule has 0 aliphatic heterocycles. The fourth-order valence-corrected chi connectivity index (χ4v) is 10.5. The third-order valence-corrected chi connectivity index (χ3v) is 16.1. The number of unbranched alkanes of at least 4 members (excludes halogenated alkanes) is 25. The molecule has 91 heavy (non-hydrogen) atoms. The van der Waals surface area contributed by atoms with Crippen LogP contribution in [-0.4, -0.2) is 87.6 Å². The number of carbonyl (C=O) groups excluding carboxylic acids is 3. The molecule has 0 saturated carbocycles. The third kappa shape index (κ3) is 71.1. The molecule has 0 spiro atoms. The molecule has 5 atom stereocenters. The van der Waals surface area contributed by atoms with Gasteiger partial charge in [0.05, 0.1) is 33.0 Å². The molecular weight excluding hydrogens is 1220 g/mol. The number of allylic oxidation sites excluding steroid dienone is 16. The Balaban J connectivity index is -0.0000387. The monoisotopic (exact) mass is 1340 g/mol. The first kappa shape index (κ1) is 93.7. The molecule has 0 amide bonds. The Morgan fingerprint density at radius 2 is 0.670 bits per heavy atom. The molecule has 0 aromatic heterocycles. The fraction of sp³-hybridized carbons (Fsp3) is 0.732. The molecule has 0 fully saturated rings. The first-order valence-electron chi connectivity index (χ1n) is 34.4. The SMILES string of the molecule is C/C=C\C/C=C\CCCCCCC(=O)OCC(COP(=O)([O-])OCC(O)COP(=O)([O-])OCC(COCCCCCCC/C=C\C/C=C\CCCCCC)OC(=O)CCCCCC/C=C\C/C=C\C)OC(=O)CCCCCC/C=C\C/C=C\CCCCCC.[Na+].[Na+]. The maximum absolute atomic E-state index is 12.9. The van der Waals surface area contributed by atoms with Crippen LogP contribution >= 0.6 is 15.6 Å². The molecule has 0 aliphatic carbocycles. The molecule has 5 unspecified atom stereocenters. The number of aliphatic hydroxyl groups is 1.